The van der Waals surface area contributed by atoms with E-state index in [2.05, 4.69) is 36.9 Å². The van der Waals surface area contributed by atoms with Gasteiger partial charge in [-0.25, -0.2) is 9.97 Å². The van der Waals surface area contributed by atoms with Gasteiger partial charge in [-0.05, 0) is 40.9 Å². The Hall–Kier alpha value is -0.780. The lowest BCUT2D eigenvalue weighted by molar-refractivity contribution is 0.949. The predicted octanol–water partition coefficient (Wildman–Crippen LogP) is 4.64. The van der Waals surface area contributed by atoms with Gasteiger partial charge in [0.1, 0.15) is 9.63 Å². The maximum atomic E-state index is 6.55. The quantitative estimate of drug-likeness (QED) is 0.787. The number of benzene rings is 1. The molecular weight excluding hydrogens is 358 g/mol. The van der Waals surface area contributed by atoms with Crippen LogP contribution in [-0.2, 0) is 0 Å². The number of nitrogens with zero attached hydrogens (tertiary/aromatic N) is 3. The maximum absolute atomic E-state index is 6.55. The smallest absolute Gasteiger partial charge is 0.124 e. The second-order valence-electron chi connectivity index (χ2n) is 4.56. The summed E-state index contributed by atoms with van der Waals surface area (Å²) in [5, 5.41) is 1.65. The molecule has 6 heteroatoms. The van der Waals surface area contributed by atoms with Gasteiger partial charge in [0, 0.05) is 18.0 Å². The van der Waals surface area contributed by atoms with Crippen molar-refractivity contribution < 1.29 is 0 Å². The lowest BCUT2D eigenvalue weighted by Crippen LogP contribution is -2.17. The Morgan fingerprint density at radius 2 is 1.95 bits per heavy atom. The van der Waals surface area contributed by atoms with Crippen molar-refractivity contribution in [1.29, 1.82) is 0 Å². The number of rotatable bonds is 3. The molecule has 1 aromatic heterocycles. The van der Waals surface area contributed by atoms with Gasteiger partial charge in [-0.2, -0.15) is 0 Å². The number of halogens is 2. The van der Waals surface area contributed by atoms with Crippen molar-refractivity contribution >= 4 is 45.0 Å². The molecule has 3 nitrogen and oxygen atoms in total. The van der Waals surface area contributed by atoms with E-state index in [-0.39, 0.29) is 0 Å². The number of hydrogen-bond acceptors (Lipinski definition) is 4. The summed E-state index contributed by atoms with van der Waals surface area (Å²) in [5.41, 5.74) is 1.12. The Bertz CT molecular complexity index is 600. The van der Waals surface area contributed by atoms with Crippen molar-refractivity contribution in [3.8, 4) is 0 Å². The van der Waals surface area contributed by atoms with Gasteiger partial charge in [0.15, 0.2) is 0 Å². The van der Waals surface area contributed by atoms with Crippen LogP contribution in [0.2, 0.25) is 5.02 Å². The SMILES string of the molecule is Clc1c(Sc2cnc(Br)cn2)cccc1N1CCCC1. The van der Waals surface area contributed by atoms with E-state index in [1.807, 2.05) is 12.1 Å². The first-order valence-corrected chi connectivity index (χ1v) is 8.41. The van der Waals surface area contributed by atoms with E-state index in [0.717, 1.165) is 38.3 Å². The topological polar surface area (TPSA) is 29.0 Å². The summed E-state index contributed by atoms with van der Waals surface area (Å²) in [6.07, 6.45) is 5.92. The summed E-state index contributed by atoms with van der Waals surface area (Å²) < 4.78 is 0.735. The summed E-state index contributed by atoms with van der Waals surface area (Å²) in [6.45, 7) is 2.18. The highest BCUT2D eigenvalue weighted by Crippen LogP contribution is 2.38. The monoisotopic (exact) mass is 369 g/mol. The highest BCUT2D eigenvalue weighted by atomic mass is 79.9. The van der Waals surface area contributed by atoms with Crippen molar-refractivity contribution in [1.82, 2.24) is 9.97 Å². The van der Waals surface area contributed by atoms with Crippen LogP contribution < -0.4 is 4.90 Å². The van der Waals surface area contributed by atoms with E-state index in [1.54, 1.807) is 24.2 Å². The minimum absolute atomic E-state index is 0.735. The van der Waals surface area contributed by atoms with Crippen LogP contribution in [0.5, 0.6) is 0 Å². The van der Waals surface area contributed by atoms with Crippen molar-refractivity contribution in [3.63, 3.8) is 0 Å². The van der Waals surface area contributed by atoms with E-state index in [0.29, 0.717) is 0 Å². The molecule has 0 saturated carbocycles. The van der Waals surface area contributed by atoms with Gasteiger partial charge in [-0.1, -0.05) is 29.4 Å². The fourth-order valence-electron chi connectivity index (χ4n) is 2.25. The van der Waals surface area contributed by atoms with Crippen LogP contribution in [0, 0.1) is 0 Å². The Kier molecular flexibility index (Phi) is 4.48. The minimum atomic E-state index is 0.735. The first kappa shape index (κ1) is 14.2. The average Bonchev–Trinajstić information content (AvgIpc) is 2.97. The van der Waals surface area contributed by atoms with Gasteiger partial charge in [0.2, 0.25) is 0 Å². The molecule has 0 amide bonds. The standard InChI is InChI=1S/C14H13BrClN3S/c15-12-8-18-13(9-17-12)20-11-5-3-4-10(14(11)16)19-6-1-2-7-19/h3-5,8-9H,1-2,6-7H2. The first-order valence-electron chi connectivity index (χ1n) is 6.43. The van der Waals surface area contributed by atoms with Gasteiger partial charge in [-0.3, -0.25) is 0 Å². The highest BCUT2D eigenvalue weighted by molar-refractivity contribution is 9.10. The molecule has 1 saturated heterocycles. The molecule has 1 aliphatic rings. The fraction of sp³-hybridized carbons (Fsp3) is 0.286. The molecule has 0 radical (unpaired) electrons. The van der Waals surface area contributed by atoms with Crippen LogP contribution in [0.15, 0.2) is 45.1 Å². The third-order valence-electron chi connectivity index (χ3n) is 3.20. The fourth-order valence-corrected chi connectivity index (χ4v) is 3.59. The molecule has 3 rings (SSSR count). The van der Waals surface area contributed by atoms with Gasteiger partial charge < -0.3 is 4.90 Å². The summed E-state index contributed by atoms with van der Waals surface area (Å²) in [4.78, 5) is 11.9. The summed E-state index contributed by atoms with van der Waals surface area (Å²) in [5.74, 6) is 0. The van der Waals surface area contributed by atoms with Gasteiger partial charge >= 0.3 is 0 Å². The third-order valence-corrected chi connectivity index (χ3v) is 5.10. The Balaban J connectivity index is 1.86. The molecule has 0 aliphatic carbocycles. The molecule has 2 aromatic rings. The maximum Gasteiger partial charge on any atom is 0.124 e. The van der Waals surface area contributed by atoms with E-state index in [4.69, 9.17) is 11.6 Å². The predicted molar refractivity (Wildman–Crippen MR) is 86.8 cm³/mol. The Morgan fingerprint density at radius 3 is 2.65 bits per heavy atom. The van der Waals surface area contributed by atoms with Crippen LogP contribution in [0.4, 0.5) is 5.69 Å². The summed E-state index contributed by atoms with van der Waals surface area (Å²) in [7, 11) is 0. The molecule has 20 heavy (non-hydrogen) atoms. The van der Waals surface area contributed by atoms with Crippen molar-refractivity contribution in [2.75, 3.05) is 18.0 Å². The Morgan fingerprint density at radius 1 is 1.15 bits per heavy atom. The molecule has 104 valence electrons. The van der Waals surface area contributed by atoms with Crippen LogP contribution in [0.1, 0.15) is 12.8 Å². The molecular formula is C14H13BrClN3S. The Labute approximate surface area is 135 Å². The molecule has 1 fully saturated rings. The van der Waals surface area contributed by atoms with Crippen molar-refractivity contribution in [2.45, 2.75) is 22.8 Å². The van der Waals surface area contributed by atoms with E-state index in [1.165, 1.54) is 12.8 Å². The van der Waals surface area contributed by atoms with Crippen molar-refractivity contribution in [3.05, 3.63) is 40.2 Å². The van der Waals surface area contributed by atoms with Crippen LogP contribution in [0.25, 0.3) is 0 Å². The molecule has 0 N–H and O–H groups in total. The van der Waals surface area contributed by atoms with E-state index >= 15 is 0 Å². The first-order chi connectivity index (χ1) is 9.74. The van der Waals surface area contributed by atoms with Gasteiger partial charge in [-0.15, -0.1) is 0 Å². The average molecular weight is 371 g/mol. The molecule has 2 heterocycles. The zero-order valence-corrected chi connectivity index (χ0v) is 13.9. The molecule has 0 spiro atoms. The van der Waals surface area contributed by atoms with Crippen molar-refractivity contribution in [2.24, 2.45) is 0 Å². The highest BCUT2D eigenvalue weighted by Gasteiger charge is 2.17. The van der Waals surface area contributed by atoms with Crippen LogP contribution in [0.3, 0.4) is 0 Å². The molecule has 0 unspecified atom stereocenters. The molecule has 0 atom stereocenters. The molecule has 0 bridgehead atoms. The number of aromatic nitrogens is 2. The van der Waals surface area contributed by atoms with Gasteiger partial charge in [0.05, 0.1) is 23.1 Å². The largest absolute Gasteiger partial charge is 0.370 e. The van der Waals surface area contributed by atoms with Crippen LogP contribution in [-0.4, -0.2) is 23.1 Å². The third kappa shape index (κ3) is 3.10. The minimum Gasteiger partial charge on any atom is -0.370 e. The van der Waals surface area contributed by atoms with E-state index < -0.39 is 0 Å². The number of hydrogen-bond donors (Lipinski definition) is 0. The second kappa shape index (κ2) is 6.33. The molecule has 1 aromatic carbocycles. The second-order valence-corrected chi connectivity index (χ2v) is 6.82. The lowest BCUT2D eigenvalue weighted by atomic mass is 10.3. The van der Waals surface area contributed by atoms with E-state index in [9.17, 15) is 0 Å². The normalized spacial score (nSPS) is 14.8. The van der Waals surface area contributed by atoms with Crippen LogP contribution >= 0.6 is 39.3 Å². The zero-order valence-electron chi connectivity index (χ0n) is 10.7. The number of anilines is 1. The van der Waals surface area contributed by atoms with Gasteiger partial charge in [0.25, 0.3) is 0 Å². The molecule has 1 aliphatic heterocycles. The summed E-state index contributed by atoms with van der Waals surface area (Å²) in [6, 6.07) is 6.16. The zero-order chi connectivity index (χ0) is 13.9. The lowest BCUT2D eigenvalue weighted by Gasteiger charge is -2.20. The summed E-state index contributed by atoms with van der Waals surface area (Å²) >= 11 is 11.4.